The van der Waals surface area contributed by atoms with Gasteiger partial charge in [0, 0.05) is 0 Å². The third-order valence-electron chi connectivity index (χ3n) is 3.62. The first-order valence-corrected chi connectivity index (χ1v) is 9.75. The van der Waals surface area contributed by atoms with Crippen LogP contribution in [0.15, 0.2) is 85.0 Å². The van der Waals surface area contributed by atoms with Gasteiger partial charge in [0.1, 0.15) is 37.9 Å². The van der Waals surface area contributed by atoms with E-state index in [-0.39, 0.29) is 37.6 Å². The van der Waals surface area contributed by atoms with Crippen molar-refractivity contribution < 1.29 is 38.7 Å². The monoisotopic (exact) mass is 444 g/mol. The summed E-state index contributed by atoms with van der Waals surface area (Å²) in [4.78, 5) is 22.1. The maximum absolute atomic E-state index is 11.0. The van der Waals surface area contributed by atoms with Crippen LogP contribution in [-0.2, 0) is 19.1 Å². The van der Waals surface area contributed by atoms with E-state index in [1.807, 2.05) is 60.7 Å². The normalized spacial score (nSPS) is 9.56. The van der Waals surface area contributed by atoms with E-state index in [4.69, 9.17) is 29.2 Å². The Bertz CT molecular complexity index is 762. The molecule has 0 saturated heterocycles. The van der Waals surface area contributed by atoms with Crippen LogP contribution < -0.4 is 9.47 Å². The molecule has 0 atom stereocenters. The van der Waals surface area contributed by atoms with Crippen molar-refractivity contribution in [3.63, 3.8) is 0 Å². The molecule has 0 saturated carbocycles. The molecule has 8 nitrogen and oxygen atoms in total. The predicted octanol–water partition coefficient (Wildman–Crippen LogP) is 2.31. The van der Waals surface area contributed by atoms with Crippen LogP contribution in [0.3, 0.4) is 0 Å². The molecule has 0 amide bonds. The predicted molar refractivity (Wildman–Crippen MR) is 118 cm³/mol. The second-order valence-electron chi connectivity index (χ2n) is 6.12. The number of carbonyl (C=O) groups is 2. The first-order chi connectivity index (χ1) is 15.5. The summed E-state index contributed by atoms with van der Waals surface area (Å²) in [7, 11) is 0. The summed E-state index contributed by atoms with van der Waals surface area (Å²) in [5.41, 5.74) is 0.0828. The summed E-state index contributed by atoms with van der Waals surface area (Å²) >= 11 is 0. The van der Waals surface area contributed by atoms with Gasteiger partial charge in [0.15, 0.2) is 0 Å². The van der Waals surface area contributed by atoms with Crippen molar-refractivity contribution in [2.75, 3.05) is 39.6 Å². The Morgan fingerprint density at radius 1 is 0.625 bits per heavy atom. The van der Waals surface area contributed by atoms with Gasteiger partial charge < -0.3 is 29.2 Å². The number of hydrogen-bond donors (Lipinski definition) is 2. The largest absolute Gasteiger partial charge is 0.490 e. The van der Waals surface area contributed by atoms with Gasteiger partial charge in [-0.1, -0.05) is 49.6 Å². The highest BCUT2D eigenvalue weighted by molar-refractivity contribution is 5.88. The number of aliphatic hydroxyl groups is 2. The fourth-order valence-corrected chi connectivity index (χ4v) is 1.95. The topological polar surface area (TPSA) is 112 Å². The van der Waals surface area contributed by atoms with Crippen LogP contribution in [0.4, 0.5) is 0 Å². The van der Waals surface area contributed by atoms with Crippen LogP contribution in [0.1, 0.15) is 0 Å². The van der Waals surface area contributed by atoms with Crippen LogP contribution in [0.5, 0.6) is 11.5 Å². The van der Waals surface area contributed by atoms with E-state index in [0.717, 1.165) is 11.5 Å². The Hall–Kier alpha value is -3.62. The van der Waals surface area contributed by atoms with Gasteiger partial charge in [0.2, 0.25) is 0 Å². The fraction of sp³-hybridized carbons (Fsp3) is 0.250. The molecule has 0 heterocycles. The molecule has 0 aliphatic rings. The highest BCUT2D eigenvalue weighted by Crippen LogP contribution is 2.08. The number of hydrogen-bond acceptors (Lipinski definition) is 8. The quantitative estimate of drug-likeness (QED) is 0.291. The Morgan fingerprint density at radius 3 is 1.28 bits per heavy atom. The Kier molecular flexibility index (Phi) is 13.3. The average molecular weight is 444 g/mol. The summed E-state index contributed by atoms with van der Waals surface area (Å²) < 4.78 is 20.2. The number of para-hydroxylation sites is 2. The number of esters is 2. The maximum atomic E-state index is 11.0. The van der Waals surface area contributed by atoms with Crippen molar-refractivity contribution in [3.05, 3.63) is 85.0 Å². The smallest absolute Gasteiger partial charge is 0.335 e. The second-order valence-corrected chi connectivity index (χ2v) is 6.12. The van der Waals surface area contributed by atoms with Crippen LogP contribution >= 0.6 is 0 Å². The molecular formula is C24H28O8. The fourth-order valence-electron chi connectivity index (χ4n) is 1.95. The van der Waals surface area contributed by atoms with Crippen molar-refractivity contribution in [1.29, 1.82) is 0 Å². The van der Waals surface area contributed by atoms with E-state index < -0.39 is 25.2 Å². The lowest BCUT2D eigenvalue weighted by molar-refractivity contribution is -0.141. The molecule has 2 aromatic rings. The molecule has 0 bridgehead atoms. The van der Waals surface area contributed by atoms with Gasteiger partial charge in [-0.05, 0) is 24.3 Å². The molecule has 0 aromatic heterocycles. The third-order valence-corrected chi connectivity index (χ3v) is 3.62. The van der Waals surface area contributed by atoms with Crippen molar-refractivity contribution in [1.82, 2.24) is 0 Å². The van der Waals surface area contributed by atoms with Gasteiger partial charge in [0.05, 0.1) is 24.4 Å². The van der Waals surface area contributed by atoms with E-state index in [2.05, 4.69) is 13.2 Å². The molecule has 2 aromatic carbocycles. The zero-order valence-corrected chi connectivity index (χ0v) is 17.8. The molecule has 0 fully saturated rings. The third kappa shape index (κ3) is 11.5. The van der Waals surface area contributed by atoms with Crippen LogP contribution in [0.2, 0.25) is 0 Å². The van der Waals surface area contributed by atoms with Gasteiger partial charge in [0.25, 0.3) is 0 Å². The van der Waals surface area contributed by atoms with Gasteiger partial charge in [-0.3, -0.25) is 0 Å². The lowest BCUT2D eigenvalue weighted by Gasteiger charge is -2.07. The first kappa shape index (κ1) is 26.4. The molecule has 0 radical (unpaired) electrons. The van der Waals surface area contributed by atoms with Crippen molar-refractivity contribution in [3.8, 4) is 11.5 Å². The molecule has 0 unspecified atom stereocenters. The number of benzene rings is 2. The van der Waals surface area contributed by atoms with Gasteiger partial charge in [-0.25, -0.2) is 9.59 Å². The highest BCUT2D eigenvalue weighted by Gasteiger charge is 2.07. The number of carbonyl (C=O) groups excluding carboxylic acids is 2. The standard InChI is InChI=1S/2C12H14O4/c2*1-10(9-13)12(14)16-8-7-15-11-5-3-2-4-6-11/h2*2-6,13H,1,7-9H2. The van der Waals surface area contributed by atoms with E-state index in [1.165, 1.54) is 0 Å². The molecule has 8 heteroatoms. The lowest BCUT2D eigenvalue weighted by atomic mass is 10.3. The van der Waals surface area contributed by atoms with E-state index >= 15 is 0 Å². The minimum atomic E-state index is -0.598. The Morgan fingerprint density at radius 2 is 0.969 bits per heavy atom. The summed E-state index contributed by atoms with van der Waals surface area (Å²) in [6.07, 6.45) is 0. The molecule has 2 N–H and O–H groups in total. The SMILES string of the molecule is C=C(CO)C(=O)OCCOc1ccccc1.C=C(CO)C(=O)OCCOc1ccccc1. The van der Waals surface area contributed by atoms with E-state index in [0.29, 0.717) is 0 Å². The Balaban J connectivity index is 0.000000320. The minimum Gasteiger partial charge on any atom is -0.490 e. The van der Waals surface area contributed by atoms with E-state index in [9.17, 15) is 9.59 Å². The number of rotatable bonds is 12. The number of ether oxygens (including phenoxy) is 4. The molecule has 172 valence electrons. The minimum absolute atomic E-state index is 0.0414. The van der Waals surface area contributed by atoms with Gasteiger partial charge in [-0.15, -0.1) is 0 Å². The first-order valence-electron chi connectivity index (χ1n) is 9.75. The molecular weight excluding hydrogens is 416 g/mol. The molecule has 32 heavy (non-hydrogen) atoms. The van der Waals surface area contributed by atoms with Gasteiger partial charge in [-0.2, -0.15) is 0 Å². The van der Waals surface area contributed by atoms with Crippen molar-refractivity contribution >= 4 is 11.9 Å². The number of aliphatic hydroxyl groups excluding tert-OH is 2. The molecule has 0 spiro atoms. The van der Waals surface area contributed by atoms with Gasteiger partial charge >= 0.3 is 11.9 Å². The highest BCUT2D eigenvalue weighted by atomic mass is 16.6. The van der Waals surface area contributed by atoms with Crippen LogP contribution in [0, 0.1) is 0 Å². The van der Waals surface area contributed by atoms with Crippen molar-refractivity contribution in [2.45, 2.75) is 0 Å². The zero-order chi connectivity index (χ0) is 23.6. The maximum Gasteiger partial charge on any atom is 0.335 e. The van der Waals surface area contributed by atoms with Crippen molar-refractivity contribution in [2.24, 2.45) is 0 Å². The second kappa shape index (κ2) is 16.1. The van der Waals surface area contributed by atoms with E-state index in [1.54, 1.807) is 0 Å². The lowest BCUT2D eigenvalue weighted by Crippen LogP contribution is -2.14. The molecule has 2 rings (SSSR count). The Labute approximate surface area is 187 Å². The van der Waals surface area contributed by atoms with Crippen LogP contribution in [0.25, 0.3) is 0 Å². The summed E-state index contributed by atoms with van der Waals surface area (Å²) in [6.45, 7) is 6.72. The summed E-state index contributed by atoms with van der Waals surface area (Å²) in [6, 6.07) is 18.5. The summed E-state index contributed by atoms with van der Waals surface area (Å²) in [5.74, 6) is 0.248. The molecule has 0 aliphatic carbocycles. The van der Waals surface area contributed by atoms with Crippen LogP contribution in [-0.4, -0.2) is 61.8 Å². The zero-order valence-electron chi connectivity index (χ0n) is 17.8. The molecule has 0 aliphatic heterocycles. The average Bonchev–Trinajstić information content (AvgIpc) is 2.84. The summed E-state index contributed by atoms with van der Waals surface area (Å²) in [5, 5.41) is 17.2.